The lowest BCUT2D eigenvalue weighted by molar-refractivity contribution is -0.134. The van der Waals surface area contributed by atoms with E-state index in [1.165, 1.54) is 18.2 Å². The van der Waals surface area contributed by atoms with Crippen LogP contribution in [0.15, 0.2) is 29.2 Å². The van der Waals surface area contributed by atoms with E-state index < -0.39 is 26.4 Å². The molecule has 0 aliphatic carbocycles. The number of benzene rings is 1. The maximum absolute atomic E-state index is 11.8. The number of carbonyl (C=O) groups is 1. The van der Waals surface area contributed by atoms with Crippen molar-refractivity contribution >= 4 is 27.7 Å². The molecule has 1 atom stereocenters. The molecular formula is C14H19ClO5S. The second kappa shape index (κ2) is 8.36. The maximum atomic E-state index is 11.8. The predicted molar refractivity (Wildman–Crippen MR) is 80.3 cm³/mol. The molecule has 0 aromatic heterocycles. The molecule has 0 fully saturated rings. The van der Waals surface area contributed by atoms with E-state index in [9.17, 15) is 13.2 Å². The average Bonchev–Trinajstić information content (AvgIpc) is 2.42. The maximum Gasteiger partial charge on any atom is 0.329 e. The van der Waals surface area contributed by atoms with E-state index in [1.54, 1.807) is 0 Å². The van der Waals surface area contributed by atoms with E-state index in [0.717, 1.165) is 31.7 Å². The molecule has 5 nitrogen and oxygen atoms in total. The molecule has 0 bridgehead atoms. The van der Waals surface area contributed by atoms with Crippen LogP contribution in [0.2, 0.25) is 0 Å². The van der Waals surface area contributed by atoms with E-state index in [0.29, 0.717) is 6.42 Å². The van der Waals surface area contributed by atoms with Crippen molar-refractivity contribution in [3.63, 3.8) is 0 Å². The van der Waals surface area contributed by atoms with Gasteiger partial charge in [-0.15, -0.1) is 11.6 Å². The Kier molecular flexibility index (Phi) is 7.14. The lowest BCUT2D eigenvalue weighted by Crippen LogP contribution is -2.21. The van der Waals surface area contributed by atoms with Gasteiger partial charge in [-0.25, -0.2) is 0 Å². The third kappa shape index (κ3) is 6.03. The van der Waals surface area contributed by atoms with Gasteiger partial charge in [-0.3, -0.25) is 9.35 Å². The molecular weight excluding hydrogens is 316 g/mol. The van der Waals surface area contributed by atoms with Gasteiger partial charge in [0.15, 0.2) is 5.75 Å². The van der Waals surface area contributed by atoms with Gasteiger partial charge in [0.25, 0.3) is 10.1 Å². The number of rotatable bonds is 8. The Balaban J connectivity index is 2.67. The number of halogens is 1. The fraction of sp³-hybridized carbons (Fsp3) is 0.500. The largest absolute Gasteiger partial charge is 0.424 e. The summed E-state index contributed by atoms with van der Waals surface area (Å²) < 4.78 is 36.4. The van der Waals surface area contributed by atoms with Crippen LogP contribution in [0.5, 0.6) is 5.75 Å². The highest BCUT2D eigenvalue weighted by Gasteiger charge is 2.22. The number of para-hydroxylation sites is 1. The van der Waals surface area contributed by atoms with Gasteiger partial charge >= 0.3 is 5.97 Å². The van der Waals surface area contributed by atoms with E-state index in [1.807, 2.05) is 0 Å². The Labute approximate surface area is 130 Å². The second-order valence-corrected chi connectivity index (χ2v) is 6.58. The van der Waals surface area contributed by atoms with E-state index in [4.69, 9.17) is 20.9 Å². The minimum Gasteiger partial charge on any atom is -0.424 e. The van der Waals surface area contributed by atoms with Gasteiger partial charge in [-0.1, -0.05) is 44.7 Å². The summed E-state index contributed by atoms with van der Waals surface area (Å²) in [6.45, 7) is 2.08. The number of alkyl halides is 1. The van der Waals surface area contributed by atoms with Gasteiger partial charge in [-0.05, 0) is 18.6 Å². The lowest BCUT2D eigenvalue weighted by atomic mass is 10.1. The van der Waals surface area contributed by atoms with E-state index in [2.05, 4.69) is 6.92 Å². The van der Waals surface area contributed by atoms with Gasteiger partial charge in [0, 0.05) is 0 Å². The second-order valence-electron chi connectivity index (χ2n) is 4.66. The molecule has 0 radical (unpaired) electrons. The van der Waals surface area contributed by atoms with Crippen LogP contribution in [0.3, 0.4) is 0 Å². The molecule has 0 aliphatic rings. The minimum absolute atomic E-state index is 0.218. The molecule has 1 unspecified atom stereocenters. The monoisotopic (exact) mass is 334 g/mol. The smallest absolute Gasteiger partial charge is 0.329 e. The molecule has 0 amide bonds. The first-order chi connectivity index (χ1) is 9.86. The topological polar surface area (TPSA) is 80.7 Å². The zero-order valence-electron chi connectivity index (χ0n) is 11.8. The van der Waals surface area contributed by atoms with E-state index in [-0.39, 0.29) is 5.75 Å². The first kappa shape index (κ1) is 17.9. The number of hydrogen-bond donors (Lipinski definition) is 1. The summed E-state index contributed by atoms with van der Waals surface area (Å²) in [7, 11) is -4.45. The zero-order chi connectivity index (χ0) is 15.9. The molecule has 1 aromatic carbocycles. The molecule has 0 saturated carbocycles. The molecule has 0 heterocycles. The van der Waals surface area contributed by atoms with Gasteiger partial charge < -0.3 is 4.74 Å². The fourth-order valence-electron chi connectivity index (χ4n) is 1.79. The summed E-state index contributed by atoms with van der Waals surface area (Å²) in [6, 6.07) is 5.37. The molecule has 118 valence electrons. The van der Waals surface area contributed by atoms with Crippen LogP contribution in [0.25, 0.3) is 0 Å². The van der Waals surface area contributed by atoms with Crippen LogP contribution in [-0.2, 0) is 14.9 Å². The van der Waals surface area contributed by atoms with Gasteiger partial charge in [-0.2, -0.15) is 8.42 Å². The van der Waals surface area contributed by atoms with Crippen LogP contribution >= 0.6 is 11.6 Å². The molecule has 0 saturated heterocycles. The van der Waals surface area contributed by atoms with Gasteiger partial charge in [0.1, 0.15) is 10.3 Å². The van der Waals surface area contributed by atoms with Crippen LogP contribution in [0.4, 0.5) is 0 Å². The molecule has 0 spiro atoms. The average molecular weight is 335 g/mol. The first-order valence-corrected chi connectivity index (χ1v) is 8.66. The third-order valence-corrected chi connectivity index (χ3v) is 4.19. The molecule has 7 heteroatoms. The summed E-state index contributed by atoms with van der Waals surface area (Å²) >= 11 is 5.94. The normalized spacial score (nSPS) is 12.9. The number of unbranched alkanes of at least 4 members (excludes halogenated alkanes) is 3. The Hall–Kier alpha value is -1.11. The van der Waals surface area contributed by atoms with Crippen molar-refractivity contribution in [1.29, 1.82) is 0 Å². The summed E-state index contributed by atoms with van der Waals surface area (Å²) in [6.07, 6.45) is 4.41. The van der Waals surface area contributed by atoms with Crippen molar-refractivity contribution < 1.29 is 22.5 Å². The summed E-state index contributed by atoms with van der Waals surface area (Å²) in [5, 5.41) is -0.837. The van der Waals surface area contributed by atoms with Crippen LogP contribution in [0.1, 0.15) is 39.0 Å². The molecule has 1 aromatic rings. The number of ether oxygens (including phenoxy) is 1. The minimum atomic E-state index is -4.45. The van der Waals surface area contributed by atoms with Crippen molar-refractivity contribution in [2.75, 3.05) is 0 Å². The van der Waals surface area contributed by atoms with E-state index >= 15 is 0 Å². The standard InChI is InChI=1S/C14H19ClO5S/c1-2-3-4-5-8-11(15)14(16)20-12-9-6-7-10-13(12)21(17,18)19/h6-7,9-11H,2-5,8H2,1H3,(H,17,18,19). The Morgan fingerprint density at radius 1 is 1.29 bits per heavy atom. The van der Waals surface area contributed by atoms with Crippen molar-refractivity contribution in [1.82, 2.24) is 0 Å². The van der Waals surface area contributed by atoms with Crippen LogP contribution in [0, 0.1) is 0 Å². The molecule has 21 heavy (non-hydrogen) atoms. The Morgan fingerprint density at radius 2 is 1.95 bits per heavy atom. The SMILES string of the molecule is CCCCCCC(Cl)C(=O)Oc1ccccc1S(=O)(=O)O. The third-order valence-electron chi connectivity index (χ3n) is 2.90. The molecule has 1 N–H and O–H groups in total. The number of esters is 1. The van der Waals surface area contributed by atoms with Crippen molar-refractivity contribution in [2.45, 2.75) is 49.3 Å². The molecule has 1 rings (SSSR count). The highest BCUT2D eigenvalue weighted by molar-refractivity contribution is 7.86. The van der Waals surface area contributed by atoms with Gasteiger partial charge in [0.2, 0.25) is 0 Å². The predicted octanol–water partition coefficient (Wildman–Crippen LogP) is 3.42. The number of hydrogen-bond acceptors (Lipinski definition) is 4. The van der Waals surface area contributed by atoms with Gasteiger partial charge in [0.05, 0.1) is 0 Å². The quantitative estimate of drug-likeness (QED) is 0.259. The fourth-order valence-corrected chi connectivity index (χ4v) is 2.60. The first-order valence-electron chi connectivity index (χ1n) is 6.78. The van der Waals surface area contributed by atoms with Crippen molar-refractivity contribution in [3.05, 3.63) is 24.3 Å². The highest BCUT2D eigenvalue weighted by Crippen LogP contribution is 2.24. The summed E-state index contributed by atoms with van der Waals surface area (Å²) in [4.78, 5) is 11.4. The lowest BCUT2D eigenvalue weighted by Gasteiger charge is -2.11. The van der Waals surface area contributed by atoms with Crippen LogP contribution < -0.4 is 4.74 Å². The summed E-state index contributed by atoms with van der Waals surface area (Å²) in [5.74, 6) is -0.937. The van der Waals surface area contributed by atoms with Crippen molar-refractivity contribution in [3.8, 4) is 5.75 Å². The zero-order valence-corrected chi connectivity index (χ0v) is 13.4. The Morgan fingerprint density at radius 3 is 2.57 bits per heavy atom. The van der Waals surface area contributed by atoms with Crippen molar-refractivity contribution in [2.24, 2.45) is 0 Å². The molecule has 0 aliphatic heterocycles. The van der Waals surface area contributed by atoms with Crippen LogP contribution in [-0.4, -0.2) is 24.3 Å². The number of carbonyl (C=O) groups excluding carboxylic acids is 1. The summed E-state index contributed by atoms with van der Waals surface area (Å²) in [5.41, 5.74) is 0. The Bertz CT molecular complexity index is 570. The highest BCUT2D eigenvalue weighted by atomic mass is 35.5.